The van der Waals surface area contributed by atoms with E-state index in [1.807, 2.05) is 0 Å². The largest absolute Gasteiger partial charge is 0.370 e. The SMILES string of the molecule is CC1CCN(C(N)=NCc2csc(C(C)C)n2)CC1. The first-order chi connectivity index (χ1) is 9.06. The predicted molar refractivity (Wildman–Crippen MR) is 81.5 cm³/mol. The second-order valence-electron chi connectivity index (χ2n) is 5.68. The smallest absolute Gasteiger partial charge is 0.191 e. The number of aromatic nitrogens is 1. The Kier molecular flexibility index (Phi) is 4.80. The highest BCUT2D eigenvalue weighted by Gasteiger charge is 2.16. The molecule has 0 radical (unpaired) electrons. The van der Waals surface area contributed by atoms with E-state index in [-0.39, 0.29) is 0 Å². The Labute approximate surface area is 119 Å². The quantitative estimate of drug-likeness (QED) is 0.684. The fourth-order valence-corrected chi connectivity index (χ4v) is 2.99. The standard InChI is InChI=1S/C14H24N4S/c1-10(2)13-17-12(9-19-13)8-16-14(15)18-6-4-11(3)5-7-18/h9-11H,4-8H2,1-3H3,(H2,15,16). The van der Waals surface area contributed by atoms with Gasteiger partial charge in [-0.15, -0.1) is 11.3 Å². The van der Waals surface area contributed by atoms with Crippen molar-refractivity contribution in [3.63, 3.8) is 0 Å². The van der Waals surface area contributed by atoms with E-state index in [1.165, 1.54) is 17.8 Å². The van der Waals surface area contributed by atoms with Crippen molar-refractivity contribution in [1.29, 1.82) is 0 Å². The van der Waals surface area contributed by atoms with Crippen molar-refractivity contribution >= 4 is 17.3 Å². The van der Waals surface area contributed by atoms with Crippen molar-refractivity contribution in [2.24, 2.45) is 16.6 Å². The first-order valence-corrected chi connectivity index (χ1v) is 7.93. The summed E-state index contributed by atoms with van der Waals surface area (Å²) in [5, 5.41) is 3.26. The predicted octanol–water partition coefficient (Wildman–Crippen LogP) is 2.81. The third-order valence-electron chi connectivity index (χ3n) is 3.57. The minimum absolute atomic E-state index is 0.489. The number of hydrogen-bond donors (Lipinski definition) is 1. The van der Waals surface area contributed by atoms with E-state index in [0.29, 0.717) is 18.4 Å². The van der Waals surface area contributed by atoms with Gasteiger partial charge in [-0.2, -0.15) is 0 Å². The Hall–Kier alpha value is -1.10. The van der Waals surface area contributed by atoms with E-state index in [0.717, 1.165) is 24.7 Å². The highest BCUT2D eigenvalue weighted by Crippen LogP contribution is 2.20. The average Bonchev–Trinajstić information content (AvgIpc) is 2.86. The molecule has 0 aliphatic carbocycles. The van der Waals surface area contributed by atoms with Gasteiger partial charge in [0.05, 0.1) is 17.2 Å². The second kappa shape index (κ2) is 6.37. The molecule has 106 valence electrons. The van der Waals surface area contributed by atoms with Crippen molar-refractivity contribution in [2.75, 3.05) is 13.1 Å². The van der Waals surface area contributed by atoms with E-state index in [1.54, 1.807) is 11.3 Å². The lowest BCUT2D eigenvalue weighted by Crippen LogP contribution is -2.42. The zero-order valence-corrected chi connectivity index (χ0v) is 12.9. The molecule has 2 N–H and O–H groups in total. The summed E-state index contributed by atoms with van der Waals surface area (Å²) < 4.78 is 0. The van der Waals surface area contributed by atoms with Crippen molar-refractivity contribution in [3.8, 4) is 0 Å². The zero-order chi connectivity index (χ0) is 13.8. The second-order valence-corrected chi connectivity index (χ2v) is 6.57. The van der Waals surface area contributed by atoms with Crippen molar-refractivity contribution < 1.29 is 0 Å². The van der Waals surface area contributed by atoms with Gasteiger partial charge in [0.15, 0.2) is 5.96 Å². The molecule has 0 saturated carbocycles. The first-order valence-electron chi connectivity index (χ1n) is 7.05. The van der Waals surface area contributed by atoms with Gasteiger partial charge in [-0.1, -0.05) is 20.8 Å². The topological polar surface area (TPSA) is 54.5 Å². The van der Waals surface area contributed by atoms with Gasteiger partial charge in [-0.25, -0.2) is 9.98 Å². The maximum atomic E-state index is 6.06. The van der Waals surface area contributed by atoms with E-state index < -0.39 is 0 Å². The van der Waals surface area contributed by atoms with Crippen LogP contribution in [0.5, 0.6) is 0 Å². The lowest BCUT2D eigenvalue weighted by Gasteiger charge is -2.30. The number of nitrogens with two attached hydrogens (primary N) is 1. The van der Waals surface area contributed by atoms with Crippen LogP contribution in [0.2, 0.25) is 0 Å². The summed E-state index contributed by atoms with van der Waals surface area (Å²) in [6.45, 7) is 9.29. The third-order valence-corrected chi connectivity index (χ3v) is 4.77. The molecule has 1 aliphatic heterocycles. The maximum Gasteiger partial charge on any atom is 0.191 e. The van der Waals surface area contributed by atoms with Crippen LogP contribution in [0.4, 0.5) is 0 Å². The summed E-state index contributed by atoms with van der Waals surface area (Å²) in [4.78, 5) is 11.2. The molecule has 1 saturated heterocycles. The molecule has 0 bridgehead atoms. The molecule has 5 heteroatoms. The van der Waals surface area contributed by atoms with Crippen LogP contribution >= 0.6 is 11.3 Å². The molecule has 4 nitrogen and oxygen atoms in total. The minimum atomic E-state index is 0.489. The Morgan fingerprint density at radius 2 is 2.21 bits per heavy atom. The normalized spacial score (nSPS) is 18.3. The van der Waals surface area contributed by atoms with E-state index >= 15 is 0 Å². The molecular formula is C14H24N4S. The van der Waals surface area contributed by atoms with Crippen molar-refractivity contribution in [1.82, 2.24) is 9.88 Å². The first kappa shape index (κ1) is 14.3. The van der Waals surface area contributed by atoms with Crippen LogP contribution in [0.1, 0.15) is 50.2 Å². The molecule has 1 aliphatic rings. The summed E-state index contributed by atoms with van der Waals surface area (Å²) in [6.07, 6.45) is 2.43. The van der Waals surface area contributed by atoms with Gasteiger partial charge in [0.1, 0.15) is 0 Å². The molecule has 0 unspecified atom stereocenters. The van der Waals surface area contributed by atoms with Crippen molar-refractivity contribution in [3.05, 3.63) is 16.1 Å². The average molecular weight is 280 g/mol. The van der Waals surface area contributed by atoms with Crippen LogP contribution in [-0.4, -0.2) is 28.9 Å². The molecule has 1 aromatic heterocycles. The van der Waals surface area contributed by atoms with Crippen LogP contribution in [0.3, 0.4) is 0 Å². The molecule has 0 spiro atoms. The van der Waals surface area contributed by atoms with Gasteiger partial charge in [0, 0.05) is 24.4 Å². The fourth-order valence-electron chi connectivity index (χ4n) is 2.16. The molecule has 1 aromatic rings. The summed E-state index contributed by atoms with van der Waals surface area (Å²) in [5.74, 6) is 1.98. The van der Waals surface area contributed by atoms with Gasteiger partial charge in [0.25, 0.3) is 0 Å². The molecular weight excluding hydrogens is 256 g/mol. The zero-order valence-electron chi connectivity index (χ0n) is 12.1. The van der Waals surface area contributed by atoms with E-state index in [9.17, 15) is 0 Å². The molecule has 0 aromatic carbocycles. The highest BCUT2D eigenvalue weighted by molar-refractivity contribution is 7.09. The van der Waals surface area contributed by atoms with Gasteiger partial charge in [0.2, 0.25) is 0 Å². The maximum absolute atomic E-state index is 6.06. The van der Waals surface area contributed by atoms with Gasteiger partial charge in [-0.3, -0.25) is 0 Å². The summed E-state index contributed by atoms with van der Waals surface area (Å²) >= 11 is 1.71. The number of likely N-dealkylation sites (tertiary alicyclic amines) is 1. The number of piperidine rings is 1. The van der Waals surface area contributed by atoms with Gasteiger partial charge in [-0.05, 0) is 18.8 Å². The number of nitrogens with zero attached hydrogens (tertiary/aromatic N) is 3. The van der Waals surface area contributed by atoms with Gasteiger partial charge >= 0.3 is 0 Å². The minimum Gasteiger partial charge on any atom is -0.370 e. The third kappa shape index (κ3) is 3.93. The molecule has 19 heavy (non-hydrogen) atoms. The Morgan fingerprint density at radius 1 is 1.53 bits per heavy atom. The number of rotatable bonds is 3. The Balaban J connectivity index is 1.90. The van der Waals surface area contributed by atoms with E-state index in [4.69, 9.17) is 5.73 Å². The summed E-state index contributed by atoms with van der Waals surface area (Å²) in [6, 6.07) is 0. The van der Waals surface area contributed by atoms with Crippen molar-refractivity contribution in [2.45, 2.75) is 46.1 Å². The van der Waals surface area contributed by atoms with Gasteiger partial charge < -0.3 is 10.6 Å². The lowest BCUT2D eigenvalue weighted by molar-refractivity contribution is 0.277. The number of hydrogen-bond acceptors (Lipinski definition) is 3. The monoisotopic (exact) mass is 280 g/mol. The van der Waals surface area contributed by atoms with Crippen LogP contribution in [0.15, 0.2) is 10.4 Å². The van der Waals surface area contributed by atoms with Crippen LogP contribution in [0, 0.1) is 5.92 Å². The number of aliphatic imine (C=N–C) groups is 1. The summed E-state index contributed by atoms with van der Waals surface area (Å²) in [5.41, 5.74) is 7.09. The summed E-state index contributed by atoms with van der Waals surface area (Å²) in [7, 11) is 0. The lowest BCUT2D eigenvalue weighted by atomic mass is 10.00. The number of guanidine groups is 1. The number of thiazole rings is 1. The van der Waals surface area contributed by atoms with Crippen LogP contribution in [-0.2, 0) is 6.54 Å². The Bertz CT molecular complexity index is 430. The van der Waals surface area contributed by atoms with Crippen LogP contribution in [0.25, 0.3) is 0 Å². The Morgan fingerprint density at radius 3 is 2.79 bits per heavy atom. The highest BCUT2D eigenvalue weighted by atomic mass is 32.1. The molecule has 1 fully saturated rings. The van der Waals surface area contributed by atoms with E-state index in [2.05, 4.69) is 41.0 Å². The molecule has 0 amide bonds. The van der Waals surface area contributed by atoms with Crippen LogP contribution < -0.4 is 5.73 Å². The fraction of sp³-hybridized carbons (Fsp3) is 0.714. The molecule has 2 rings (SSSR count). The molecule has 2 heterocycles. The molecule has 0 atom stereocenters.